The number of nitrogens with zero attached hydrogens (tertiary/aromatic N) is 2. The Balaban J connectivity index is 1.41. The zero-order valence-corrected chi connectivity index (χ0v) is 14.2. The Morgan fingerprint density at radius 3 is 2.96 bits per heavy atom. The molecule has 0 radical (unpaired) electrons. The largest absolute Gasteiger partial charge is 0.443 e. The maximum absolute atomic E-state index is 11.9. The van der Waals surface area contributed by atoms with Gasteiger partial charge >= 0.3 is 6.09 Å². The molecule has 3 heterocycles. The van der Waals surface area contributed by atoms with Crippen molar-refractivity contribution in [3.8, 4) is 0 Å². The van der Waals surface area contributed by atoms with Gasteiger partial charge in [-0.25, -0.2) is 9.78 Å². The first-order chi connectivity index (χ1) is 12.2. The van der Waals surface area contributed by atoms with E-state index >= 15 is 0 Å². The standard InChI is InChI=1S/C19H22N4O2/c1-13-10-20-11-17-9-14-7-8-16(21-18(14)23(13)17)12-25-19(24)22-15-5-3-2-4-6-15/h2-8,13,17,20H,9-12H2,1H3,(H,22,24). The van der Waals surface area contributed by atoms with E-state index in [9.17, 15) is 4.79 Å². The number of aromatic nitrogens is 1. The molecule has 0 spiro atoms. The van der Waals surface area contributed by atoms with Crippen molar-refractivity contribution >= 4 is 17.6 Å². The molecule has 6 nitrogen and oxygen atoms in total. The average molecular weight is 338 g/mol. The lowest BCUT2D eigenvalue weighted by Gasteiger charge is -2.37. The Labute approximate surface area is 147 Å². The second-order valence-electron chi connectivity index (χ2n) is 6.62. The van der Waals surface area contributed by atoms with Gasteiger partial charge in [0.1, 0.15) is 12.4 Å². The van der Waals surface area contributed by atoms with Crippen LogP contribution in [0.5, 0.6) is 0 Å². The summed E-state index contributed by atoms with van der Waals surface area (Å²) in [6.07, 6.45) is 0.553. The first kappa shape index (κ1) is 15.9. The molecule has 1 fully saturated rings. The van der Waals surface area contributed by atoms with Gasteiger partial charge in [-0.15, -0.1) is 0 Å². The van der Waals surface area contributed by atoms with Crippen LogP contribution in [0, 0.1) is 0 Å². The highest BCUT2D eigenvalue weighted by atomic mass is 16.5. The fraction of sp³-hybridized carbons (Fsp3) is 0.368. The monoisotopic (exact) mass is 338 g/mol. The lowest BCUT2D eigenvalue weighted by molar-refractivity contribution is 0.153. The molecule has 2 atom stereocenters. The van der Waals surface area contributed by atoms with Gasteiger partial charge < -0.3 is 15.0 Å². The van der Waals surface area contributed by atoms with Gasteiger partial charge in [-0.1, -0.05) is 24.3 Å². The summed E-state index contributed by atoms with van der Waals surface area (Å²) in [7, 11) is 0. The van der Waals surface area contributed by atoms with Gasteiger partial charge in [0.2, 0.25) is 0 Å². The van der Waals surface area contributed by atoms with Crippen LogP contribution in [-0.2, 0) is 17.8 Å². The zero-order valence-electron chi connectivity index (χ0n) is 14.2. The van der Waals surface area contributed by atoms with Crippen molar-refractivity contribution in [3.63, 3.8) is 0 Å². The summed E-state index contributed by atoms with van der Waals surface area (Å²) in [4.78, 5) is 19.1. The molecule has 2 N–H and O–H groups in total. The zero-order chi connectivity index (χ0) is 17.2. The first-order valence-electron chi connectivity index (χ1n) is 8.67. The third-order valence-electron chi connectivity index (χ3n) is 4.77. The molecule has 6 heteroatoms. The fourth-order valence-electron chi connectivity index (χ4n) is 3.62. The molecule has 0 bridgehead atoms. The third kappa shape index (κ3) is 3.30. The van der Waals surface area contributed by atoms with Gasteiger partial charge in [-0.3, -0.25) is 5.32 Å². The lowest BCUT2D eigenvalue weighted by Crippen LogP contribution is -2.55. The minimum atomic E-state index is -0.470. The van der Waals surface area contributed by atoms with Crippen molar-refractivity contribution in [1.82, 2.24) is 10.3 Å². The third-order valence-corrected chi connectivity index (χ3v) is 4.77. The van der Waals surface area contributed by atoms with E-state index in [-0.39, 0.29) is 6.61 Å². The van der Waals surface area contributed by atoms with Crippen molar-refractivity contribution in [3.05, 3.63) is 53.7 Å². The summed E-state index contributed by atoms with van der Waals surface area (Å²) in [5, 5.41) is 6.18. The summed E-state index contributed by atoms with van der Waals surface area (Å²) in [5.74, 6) is 1.04. The number of para-hydroxylation sites is 1. The molecule has 0 saturated carbocycles. The van der Waals surface area contributed by atoms with Gasteiger partial charge in [-0.05, 0) is 37.1 Å². The Hall–Kier alpha value is -2.60. The molecule has 1 saturated heterocycles. The van der Waals surface area contributed by atoms with Crippen LogP contribution in [0.3, 0.4) is 0 Å². The van der Waals surface area contributed by atoms with E-state index in [0.717, 1.165) is 31.0 Å². The molecular weight excluding hydrogens is 316 g/mol. The predicted octanol–water partition coefficient (Wildman–Crippen LogP) is 2.55. The number of benzene rings is 1. The van der Waals surface area contributed by atoms with Crippen LogP contribution >= 0.6 is 0 Å². The number of nitrogens with one attached hydrogen (secondary N) is 2. The molecule has 0 aliphatic carbocycles. The van der Waals surface area contributed by atoms with Crippen LogP contribution in [-0.4, -0.2) is 36.3 Å². The van der Waals surface area contributed by atoms with Crippen molar-refractivity contribution in [1.29, 1.82) is 0 Å². The van der Waals surface area contributed by atoms with E-state index in [2.05, 4.69) is 28.5 Å². The van der Waals surface area contributed by atoms with Crippen molar-refractivity contribution in [2.75, 3.05) is 23.3 Å². The van der Waals surface area contributed by atoms with E-state index in [4.69, 9.17) is 9.72 Å². The van der Waals surface area contributed by atoms with Crippen molar-refractivity contribution in [2.45, 2.75) is 32.0 Å². The molecule has 2 aliphatic heterocycles. The topological polar surface area (TPSA) is 66.5 Å². The lowest BCUT2D eigenvalue weighted by atomic mass is 10.1. The maximum Gasteiger partial charge on any atom is 0.412 e. The highest BCUT2D eigenvalue weighted by molar-refractivity contribution is 5.84. The molecule has 2 aliphatic rings. The van der Waals surface area contributed by atoms with E-state index in [1.807, 2.05) is 36.4 Å². The maximum atomic E-state index is 11.9. The van der Waals surface area contributed by atoms with E-state index in [0.29, 0.717) is 17.8 Å². The molecule has 2 aromatic rings. The number of amides is 1. The second kappa shape index (κ2) is 6.72. The second-order valence-corrected chi connectivity index (χ2v) is 6.62. The van der Waals surface area contributed by atoms with Crippen LogP contribution in [0.2, 0.25) is 0 Å². The van der Waals surface area contributed by atoms with Gasteiger partial charge in [-0.2, -0.15) is 0 Å². The van der Waals surface area contributed by atoms with E-state index < -0.39 is 6.09 Å². The van der Waals surface area contributed by atoms with Crippen molar-refractivity contribution < 1.29 is 9.53 Å². The van der Waals surface area contributed by atoms with E-state index in [1.54, 1.807) is 0 Å². The molecule has 4 rings (SSSR count). The highest BCUT2D eigenvalue weighted by Gasteiger charge is 2.36. The molecule has 1 aromatic heterocycles. The van der Waals surface area contributed by atoms with Crippen LogP contribution < -0.4 is 15.5 Å². The number of piperazine rings is 1. The van der Waals surface area contributed by atoms with Gasteiger partial charge in [0.25, 0.3) is 0 Å². The number of anilines is 2. The summed E-state index contributed by atoms with van der Waals surface area (Å²) in [6.45, 7) is 4.34. The number of fused-ring (bicyclic) bond motifs is 3. The number of hydrogen-bond donors (Lipinski definition) is 2. The number of carbonyl (C=O) groups is 1. The fourth-order valence-corrected chi connectivity index (χ4v) is 3.62. The number of hydrogen-bond acceptors (Lipinski definition) is 5. The molecule has 1 aromatic carbocycles. The molecular formula is C19H22N4O2. The summed E-state index contributed by atoms with van der Waals surface area (Å²) in [6, 6.07) is 14.2. The minimum Gasteiger partial charge on any atom is -0.443 e. The molecule has 25 heavy (non-hydrogen) atoms. The Morgan fingerprint density at radius 2 is 2.12 bits per heavy atom. The van der Waals surface area contributed by atoms with Gasteiger partial charge in [0.05, 0.1) is 5.69 Å². The Bertz CT molecular complexity index is 765. The predicted molar refractivity (Wildman–Crippen MR) is 96.8 cm³/mol. The minimum absolute atomic E-state index is 0.164. The number of pyridine rings is 1. The van der Waals surface area contributed by atoms with Gasteiger partial charge in [0, 0.05) is 30.9 Å². The molecule has 2 unspecified atom stereocenters. The number of carbonyl (C=O) groups excluding carboxylic acids is 1. The summed E-state index contributed by atoms with van der Waals surface area (Å²) < 4.78 is 5.31. The molecule has 130 valence electrons. The Morgan fingerprint density at radius 1 is 1.28 bits per heavy atom. The smallest absolute Gasteiger partial charge is 0.412 e. The quantitative estimate of drug-likeness (QED) is 0.900. The normalized spacial score (nSPS) is 21.4. The van der Waals surface area contributed by atoms with Crippen molar-refractivity contribution in [2.24, 2.45) is 0 Å². The van der Waals surface area contributed by atoms with Crippen LogP contribution in [0.4, 0.5) is 16.3 Å². The number of rotatable bonds is 3. The van der Waals surface area contributed by atoms with E-state index in [1.165, 1.54) is 5.56 Å². The van der Waals surface area contributed by atoms with Gasteiger partial charge in [0.15, 0.2) is 0 Å². The SMILES string of the molecule is CC1CNCC2Cc3ccc(COC(=O)Nc4ccccc4)nc3N12. The number of ether oxygens (including phenoxy) is 1. The summed E-state index contributed by atoms with van der Waals surface area (Å²) >= 11 is 0. The van der Waals surface area contributed by atoms with Crippen LogP contribution in [0.15, 0.2) is 42.5 Å². The molecule has 1 amide bonds. The summed E-state index contributed by atoms with van der Waals surface area (Å²) in [5.41, 5.74) is 2.76. The average Bonchev–Trinajstić information content (AvgIpc) is 3.00. The van der Waals surface area contributed by atoms with Crippen LogP contribution in [0.1, 0.15) is 18.2 Å². The van der Waals surface area contributed by atoms with Crippen LogP contribution in [0.25, 0.3) is 0 Å². The Kier molecular flexibility index (Phi) is 4.28. The highest BCUT2D eigenvalue weighted by Crippen LogP contribution is 2.33. The first-order valence-corrected chi connectivity index (χ1v) is 8.67.